The molecule has 1 aliphatic heterocycles. The average Bonchev–Trinajstić information content (AvgIpc) is 2.92. The summed E-state index contributed by atoms with van der Waals surface area (Å²) >= 11 is 0. The predicted octanol–water partition coefficient (Wildman–Crippen LogP) is 2.90. The van der Waals surface area contributed by atoms with E-state index in [-0.39, 0.29) is 5.54 Å². The van der Waals surface area contributed by atoms with Crippen LogP contribution < -0.4 is 0 Å². The molecule has 0 spiro atoms. The molecule has 3 nitrogen and oxygen atoms in total. The van der Waals surface area contributed by atoms with Crippen molar-refractivity contribution in [2.45, 2.75) is 37.8 Å². The number of hydrogen-bond donors (Lipinski definition) is 1. The van der Waals surface area contributed by atoms with Crippen molar-refractivity contribution in [2.24, 2.45) is 0 Å². The standard InChI is InChI=1S/C14H21N3/c1-3-6-14(7-4-2)8-5-11-17(14)12-13-15-9-10-16-13/h3-4,9-10H,1-2,5-8,11-12H2,(H,15,16). The Labute approximate surface area is 103 Å². The summed E-state index contributed by atoms with van der Waals surface area (Å²) in [6, 6.07) is 0. The number of imidazole rings is 1. The van der Waals surface area contributed by atoms with Gasteiger partial charge < -0.3 is 4.98 Å². The van der Waals surface area contributed by atoms with Crippen LogP contribution in [0.4, 0.5) is 0 Å². The minimum atomic E-state index is 0.219. The van der Waals surface area contributed by atoms with E-state index in [4.69, 9.17) is 0 Å². The van der Waals surface area contributed by atoms with Crippen LogP contribution >= 0.6 is 0 Å². The third kappa shape index (κ3) is 2.50. The largest absolute Gasteiger partial charge is 0.348 e. The van der Waals surface area contributed by atoms with Gasteiger partial charge in [-0.05, 0) is 32.2 Å². The summed E-state index contributed by atoms with van der Waals surface area (Å²) in [5, 5.41) is 0. The fourth-order valence-corrected chi connectivity index (χ4v) is 2.89. The van der Waals surface area contributed by atoms with Crippen LogP contribution in [-0.2, 0) is 6.54 Å². The van der Waals surface area contributed by atoms with Crippen molar-refractivity contribution in [2.75, 3.05) is 6.54 Å². The molecule has 0 unspecified atom stereocenters. The molecule has 0 radical (unpaired) electrons. The Morgan fingerprint density at radius 1 is 1.41 bits per heavy atom. The zero-order valence-electron chi connectivity index (χ0n) is 10.4. The Bertz CT molecular complexity index is 357. The summed E-state index contributed by atoms with van der Waals surface area (Å²) in [5.74, 6) is 1.05. The Kier molecular flexibility index (Phi) is 3.79. The van der Waals surface area contributed by atoms with Gasteiger partial charge in [-0.25, -0.2) is 4.98 Å². The molecule has 1 N–H and O–H groups in total. The highest BCUT2D eigenvalue weighted by atomic mass is 15.2. The number of likely N-dealkylation sites (tertiary alicyclic amines) is 1. The van der Waals surface area contributed by atoms with Gasteiger partial charge in [0.05, 0.1) is 6.54 Å². The van der Waals surface area contributed by atoms with Gasteiger partial charge in [-0.1, -0.05) is 12.2 Å². The van der Waals surface area contributed by atoms with E-state index in [0.717, 1.165) is 31.8 Å². The quantitative estimate of drug-likeness (QED) is 0.763. The fraction of sp³-hybridized carbons (Fsp3) is 0.500. The number of aromatic amines is 1. The lowest BCUT2D eigenvalue weighted by molar-refractivity contribution is 0.130. The molecule has 3 heteroatoms. The van der Waals surface area contributed by atoms with Gasteiger partial charge in [0.15, 0.2) is 0 Å². The van der Waals surface area contributed by atoms with E-state index in [2.05, 4.69) is 28.0 Å². The van der Waals surface area contributed by atoms with Crippen LogP contribution in [0.25, 0.3) is 0 Å². The topological polar surface area (TPSA) is 31.9 Å². The number of nitrogens with one attached hydrogen (secondary N) is 1. The number of H-pyrrole nitrogens is 1. The number of aromatic nitrogens is 2. The molecule has 0 bridgehead atoms. The molecule has 92 valence electrons. The number of rotatable bonds is 6. The summed E-state index contributed by atoms with van der Waals surface area (Å²) in [5.41, 5.74) is 0.219. The number of nitrogens with zero attached hydrogens (tertiary/aromatic N) is 2. The highest BCUT2D eigenvalue weighted by Crippen LogP contribution is 2.36. The van der Waals surface area contributed by atoms with Crippen molar-refractivity contribution < 1.29 is 0 Å². The van der Waals surface area contributed by atoms with E-state index < -0.39 is 0 Å². The molecule has 1 fully saturated rings. The highest BCUT2D eigenvalue weighted by Gasteiger charge is 2.38. The van der Waals surface area contributed by atoms with Crippen LogP contribution in [0.1, 0.15) is 31.5 Å². The molecule has 2 heterocycles. The van der Waals surface area contributed by atoms with Crippen LogP contribution in [0.5, 0.6) is 0 Å². The first-order chi connectivity index (χ1) is 8.30. The second kappa shape index (κ2) is 5.32. The van der Waals surface area contributed by atoms with E-state index in [1.807, 2.05) is 24.5 Å². The van der Waals surface area contributed by atoms with E-state index in [9.17, 15) is 0 Å². The van der Waals surface area contributed by atoms with Crippen LogP contribution in [0.15, 0.2) is 37.7 Å². The van der Waals surface area contributed by atoms with Crippen LogP contribution in [0.2, 0.25) is 0 Å². The molecule has 0 saturated carbocycles. The zero-order valence-corrected chi connectivity index (χ0v) is 10.4. The van der Waals surface area contributed by atoms with E-state index in [1.165, 1.54) is 12.8 Å². The molecule has 1 saturated heterocycles. The van der Waals surface area contributed by atoms with Gasteiger partial charge in [0.25, 0.3) is 0 Å². The maximum atomic E-state index is 4.32. The van der Waals surface area contributed by atoms with Gasteiger partial charge in [0.1, 0.15) is 5.82 Å². The average molecular weight is 231 g/mol. The molecular weight excluding hydrogens is 210 g/mol. The minimum Gasteiger partial charge on any atom is -0.348 e. The molecule has 2 rings (SSSR count). The molecule has 0 aliphatic carbocycles. The fourth-order valence-electron chi connectivity index (χ4n) is 2.89. The normalized spacial score (nSPS) is 19.3. The summed E-state index contributed by atoms with van der Waals surface area (Å²) in [6.45, 7) is 9.84. The highest BCUT2D eigenvalue weighted by molar-refractivity contribution is 5.04. The van der Waals surface area contributed by atoms with Gasteiger partial charge in [0.2, 0.25) is 0 Å². The summed E-state index contributed by atoms with van der Waals surface area (Å²) in [6.07, 6.45) is 12.3. The summed E-state index contributed by atoms with van der Waals surface area (Å²) < 4.78 is 0. The third-order valence-corrected chi connectivity index (χ3v) is 3.69. The molecule has 0 aromatic carbocycles. The Morgan fingerprint density at radius 2 is 2.18 bits per heavy atom. The van der Waals surface area contributed by atoms with Gasteiger partial charge in [-0.2, -0.15) is 0 Å². The number of hydrogen-bond acceptors (Lipinski definition) is 2. The van der Waals surface area contributed by atoms with Gasteiger partial charge >= 0.3 is 0 Å². The van der Waals surface area contributed by atoms with Crippen LogP contribution in [0, 0.1) is 0 Å². The monoisotopic (exact) mass is 231 g/mol. The molecule has 17 heavy (non-hydrogen) atoms. The van der Waals surface area contributed by atoms with Crippen LogP contribution in [-0.4, -0.2) is 27.0 Å². The molecular formula is C14H21N3. The van der Waals surface area contributed by atoms with Gasteiger partial charge in [0, 0.05) is 17.9 Å². The molecule has 0 amide bonds. The van der Waals surface area contributed by atoms with Crippen LogP contribution in [0.3, 0.4) is 0 Å². The predicted molar refractivity (Wildman–Crippen MR) is 70.6 cm³/mol. The van der Waals surface area contributed by atoms with E-state index in [1.54, 1.807) is 0 Å². The first-order valence-corrected chi connectivity index (χ1v) is 6.26. The Hall–Kier alpha value is -1.35. The van der Waals surface area contributed by atoms with Crippen molar-refractivity contribution >= 4 is 0 Å². The smallest absolute Gasteiger partial charge is 0.120 e. The Morgan fingerprint density at radius 3 is 2.76 bits per heavy atom. The van der Waals surface area contributed by atoms with Crippen molar-refractivity contribution in [1.29, 1.82) is 0 Å². The van der Waals surface area contributed by atoms with Crippen molar-refractivity contribution in [3.05, 3.63) is 43.5 Å². The van der Waals surface area contributed by atoms with Crippen molar-refractivity contribution in [1.82, 2.24) is 14.9 Å². The third-order valence-electron chi connectivity index (χ3n) is 3.69. The Balaban J connectivity index is 2.12. The molecule has 1 aromatic heterocycles. The maximum Gasteiger partial charge on any atom is 0.120 e. The molecule has 1 aliphatic rings. The zero-order chi connectivity index (χ0) is 12.1. The second-order valence-corrected chi connectivity index (χ2v) is 4.77. The SMILES string of the molecule is C=CCC1(CC=C)CCCN1Cc1ncc[nH]1. The first kappa shape index (κ1) is 12.1. The maximum absolute atomic E-state index is 4.32. The van der Waals surface area contributed by atoms with E-state index in [0.29, 0.717) is 0 Å². The minimum absolute atomic E-state index is 0.219. The second-order valence-electron chi connectivity index (χ2n) is 4.77. The van der Waals surface area contributed by atoms with E-state index >= 15 is 0 Å². The first-order valence-electron chi connectivity index (χ1n) is 6.26. The van der Waals surface area contributed by atoms with Crippen molar-refractivity contribution in [3.63, 3.8) is 0 Å². The lowest BCUT2D eigenvalue weighted by Gasteiger charge is -2.37. The lowest BCUT2D eigenvalue weighted by atomic mass is 9.88. The van der Waals surface area contributed by atoms with Gasteiger partial charge in [-0.15, -0.1) is 13.2 Å². The summed E-state index contributed by atoms with van der Waals surface area (Å²) in [4.78, 5) is 10.0. The van der Waals surface area contributed by atoms with Crippen molar-refractivity contribution in [3.8, 4) is 0 Å². The molecule has 0 atom stereocenters. The summed E-state index contributed by atoms with van der Waals surface area (Å²) in [7, 11) is 0. The lowest BCUT2D eigenvalue weighted by Crippen LogP contribution is -2.42. The van der Waals surface area contributed by atoms with Gasteiger partial charge in [-0.3, -0.25) is 4.90 Å². The molecule has 1 aromatic rings.